The Kier molecular flexibility index (Phi) is 4.45. The molecule has 3 nitrogen and oxygen atoms in total. The summed E-state index contributed by atoms with van der Waals surface area (Å²) in [6.07, 6.45) is 0. The van der Waals surface area contributed by atoms with Crippen LogP contribution in [0.15, 0.2) is 48.5 Å². The number of hydrogen-bond donors (Lipinski definition) is 1. The summed E-state index contributed by atoms with van der Waals surface area (Å²) in [4.78, 5) is 23.4. The van der Waals surface area contributed by atoms with Gasteiger partial charge in [0, 0.05) is 16.8 Å². The van der Waals surface area contributed by atoms with Gasteiger partial charge in [0.05, 0.1) is 0 Å². The molecule has 0 radical (unpaired) electrons. The normalized spacial score (nSPS) is 11.1. The lowest BCUT2D eigenvalue weighted by Crippen LogP contribution is -2.13. The first-order valence-electron chi connectivity index (χ1n) is 7.30. The second-order valence-electron chi connectivity index (χ2n) is 6.42. The molecule has 0 saturated heterocycles. The Hall–Kier alpha value is -2.42. The van der Waals surface area contributed by atoms with Crippen LogP contribution in [0.1, 0.15) is 54.0 Å². The van der Waals surface area contributed by atoms with E-state index in [1.807, 2.05) is 24.3 Å². The molecule has 22 heavy (non-hydrogen) atoms. The van der Waals surface area contributed by atoms with Gasteiger partial charge in [-0.1, -0.05) is 45.0 Å². The molecule has 0 atom stereocenters. The molecule has 0 aromatic heterocycles. The van der Waals surface area contributed by atoms with Crippen molar-refractivity contribution in [2.24, 2.45) is 0 Å². The first-order chi connectivity index (χ1) is 10.3. The lowest BCUT2D eigenvalue weighted by Gasteiger charge is -2.19. The number of anilines is 1. The smallest absolute Gasteiger partial charge is 0.255 e. The number of rotatable bonds is 3. The monoisotopic (exact) mass is 295 g/mol. The molecule has 0 aliphatic rings. The van der Waals surface area contributed by atoms with E-state index in [1.54, 1.807) is 24.3 Å². The number of amides is 1. The van der Waals surface area contributed by atoms with E-state index in [2.05, 4.69) is 26.1 Å². The quantitative estimate of drug-likeness (QED) is 0.851. The molecule has 2 rings (SSSR count). The van der Waals surface area contributed by atoms with Crippen molar-refractivity contribution in [2.45, 2.75) is 33.1 Å². The second kappa shape index (κ2) is 6.14. The fourth-order valence-electron chi connectivity index (χ4n) is 2.11. The largest absolute Gasteiger partial charge is 0.322 e. The van der Waals surface area contributed by atoms with Crippen LogP contribution in [0.4, 0.5) is 5.69 Å². The minimum Gasteiger partial charge on any atom is -0.322 e. The Bertz CT molecular complexity index is 677. The lowest BCUT2D eigenvalue weighted by molar-refractivity contribution is 0.101. The van der Waals surface area contributed by atoms with Crippen LogP contribution >= 0.6 is 0 Å². The molecule has 0 heterocycles. The number of benzene rings is 2. The molecule has 0 spiro atoms. The lowest BCUT2D eigenvalue weighted by atomic mass is 9.87. The van der Waals surface area contributed by atoms with E-state index in [1.165, 1.54) is 12.5 Å². The third-order valence-electron chi connectivity index (χ3n) is 3.56. The van der Waals surface area contributed by atoms with Gasteiger partial charge in [0.15, 0.2) is 5.78 Å². The summed E-state index contributed by atoms with van der Waals surface area (Å²) in [6, 6.07) is 14.5. The highest BCUT2D eigenvalue weighted by atomic mass is 16.1. The van der Waals surface area contributed by atoms with Gasteiger partial charge < -0.3 is 5.32 Å². The van der Waals surface area contributed by atoms with Crippen LogP contribution in [0.3, 0.4) is 0 Å². The average Bonchev–Trinajstić information content (AvgIpc) is 2.47. The first-order valence-corrected chi connectivity index (χ1v) is 7.30. The maximum atomic E-state index is 12.2. The highest BCUT2D eigenvalue weighted by Gasteiger charge is 2.13. The van der Waals surface area contributed by atoms with Crippen molar-refractivity contribution in [1.29, 1.82) is 0 Å². The van der Waals surface area contributed by atoms with Gasteiger partial charge in [-0.15, -0.1) is 0 Å². The molecule has 1 amide bonds. The van der Waals surface area contributed by atoms with Crippen LogP contribution in [0.5, 0.6) is 0 Å². The molecule has 0 unspecified atom stereocenters. The van der Waals surface area contributed by atoms with E-state index in [4.69, 9.17) is 0 Å². The van der Waals surface area contributed by atoms with Gasteiger partial charge in [0.1, 0.15) is 0 Å². The molecule has 1 N–H and O–H groups in total. The van der Waals surface area contributed by atoms with Gasteiger partial charge in [0.25, 0.3) is 5.91 Å². The van der Waals surface area contributed by atoms with Crippen LogP contribution in [0.25, 0.3) is 0 Å². The van der Waals surface area contributed by atoms with Gasteiger partial charge in [0.2, 0.25) is 0 Å². The number of Topliss-reactive ketones (excluding diaryl/α,β-unsaturated/α-hetero) is 1. The molecular formula is C19H21NO2. The number of carbonyl (C=O) groups excluding carboxylic acids is 2. The Labute approximate surface area is 131 Å². The summed E-state index contributed by atoms with van der Waals surface area (Å²) in [5, 5.41) is 2.86. The van der Waals surface area contributed by atoms with E-state index < -0.39 is 0 Å². The third-order valence-corrected chi connectivity index (χ3v) is 3.56. The predicted molar refractivity (Wildman–Crippen MR) is 89.5 cm³/mol. The van der Waals surface area contributed by atoms with E-state index in [0.717, 1.165) is 5.69 Å². The summed E-state index contributed by atoms with van der Waals surface area (Å²) in [5.74, 6) is -0.191. The maximum absolute atomic E-state index is 12.2. The van der Waals surface area contributed by atoms with Crippen LogP contribution in [-0.4, -0.2) is 11.7 Å². The zero-order valence-electron chi connectivity index (χ0n) is 13.4. The molecule has 114 valence electrons. The van der Waals surface area contributed by atoms with E-state index in [0.29, 0.717) is 11.1 Å². The highest BCUT2D eigenvalue weighted by Crippen LogP contribution is 2.23. The summed E-state index contributed by atoms with van der Waals surface area (Å²) < 4.78 is 0. The van der Waals surface area contributed by atoms with Crippen molar-refractivity contribution in [3.8, 4) is 0 Å². The molecule has 0 bridgehead atoms. The molecule has 0 saturated carbocycles. The Morgan fingerprint density at radius 1 is 0.818 bits per heavy atom. The SMILES string of the molecule is CC(=O)c1ccc(C(=O)Nc2ccc(C(C)(C)C)cc2)cc1. The summed E-state index contributed by atoms with van der Waals surface area (Å²) in [7, 11) is 0. The minimum atomic E-state index is -0.182. The van der Waals surface area contributed by atoms with E-state index >= 15 is 0 Å². The molecular weight excluding hydrogens is 274 g/mol. The van der Waals surface area contributed by atoms with Crippen LogP contribution in [0.2, 0.25) is 0 Å². The fourth-order valence-corrected chi connectivity index (χ4v) is 2.11. The maximum Gasteiger partial charge on any atom is 0.255 e. The second-order valence-corrected chi connectivity index (χ2v) is 6.42. The molecule has 2 aromatic rings. The zero-order valence-corrected chi connectivity index (χ0v) is 13.4. The fraction of sp³-hybridized carbons (Fsp3) is 0.263. The predicted octanol–water partition coefficient (Wildman–Crippen LogP) is 4.44. The topological polar surface area (TPSA) is 46.2 Å². The van der Waals surface area contributed by atoms with Crippen LogP contribution in [0, 0.1) is 0 Å². The number of ketones is 1. The van der Waals surface area contributed by atoms with E-state index in [-0.39, 0.29) is 17.1 Å². The molecule has 3 heteroatoms. The first kappa shape index (κ1) is 16.0. The van der Waals surface area contributed by atoms with Crippen molar-refractivity contribution in [3.63, 3.8) is 0 Å². The molecule has 0 fully saturated rings. The zero-order chi connectivity index (χ0) is 16.3. The van der Waals surface area contributed by atoms with Crippen molar-refractivity contribution in [2.75, 3.05) is 5.32 Å². The van der Waals surface area contributed by atoms with Crippen molar-refractivity contribution < 1.29 is 9.59 Å². The third kappa shape index (κ3) is 3.82. The van der Waals surface area contributed by atoms with E-state index in [9.17, 15) is 9.59 Å². The summed E-state index contributed by atoms with van der Waals surface area (Å²) >= 11 is 0. The van der Waals surface area contributed by atoms with Crippen LogP contribution in [-0.2, 0) is 5.41 Å². The average molecular weight is 295 g/mol. The molecule has 2 aromatic carbocycles. The van der Waals surface area contributed by atoms with Crippen molar-refractivity contribution in [1.82, 2.24) is 0 Å². The molecule has 0 aliphatic carbocycles. The van der Waals surface area contributed by atoms with Crippen LogP contribution < -0.4 is 5.32 Å². The number of carbonyl (C=O) groups is 2. The number of nitrogens with one attached hydrogen (secondary N) is 1. The van der Waals surface area contributed by atoms with Crippen molar-refractivity contribution in [3.05, 3.63) is 65.2 Å². The Morgan fingerprint density at radius 3 is 1.77 bits per heavy atom. The highest BCUT2D eigenvalue weighted by molar-refractivity contribution is 6.05. The van der Waals surface area contributed by atoms with Gasteiger partial charge >= 0.3 is 0 Å². The molecule has 0 aliphatic heterocycles. The van der Waals surface area contributed by atoms with Gasteiger partial charge in [-0.05, 0) is 42.2 Å². The van der Waals surface area contributed by atoms with Gasteiger partial charge in [-0.3, -0.25) is 9.59 Å². The van der Waals surface area contributed by atoms with Crippen molar-refractivity contribution >= 4 is 17.4 Å². The number of hydrogen-bond acceptors (Lipinski definition) is 2. The summed E-state index contributed by atoms with van der Waals surface area (Å²) in [6.45, 7) is 7.96. The minimum absolute atomic E-state index is 0.00951. The Morgan fingerprint density at radius 2 is 1.32 bits per heavy atom. The Balaban J connectivity index is 2.10. The van der Waals surface area contributed by atoms with Gasteiger partial charge in [-0.25, -0.2) is 0 Å². The van der Waals surface area contributed by atoms with Gasteiger partial charge in [-0.2, -0.15) is 0 Å². The standard InChI is InChI=1S/C19H21NO2/c1-13(21)14-5-7-15(8-6-14)18(22)20-17-11-9-16(10-12-17)19(2,3)4/h5-12H,1-4H3,(H,20,22). The summed E-state index contributed by atoms with van der Waals surface area (Å²) in [5.41, 5.74) is 3.20.